The molecule has 0 heterocycles. The van der Waals surface area contributed by atoms with Crippen LogP contribution in [0.3, 0.4) is 0 Å². The number of hydrogen-bond acceptors (Lipinski definition) is 3. The zero-order valence-corrected chi connectivity index (χ0v) is 11.6. The van der Waals surface area contributed by atoms with Crippen molar-refractivity contribution in [2.75, 3.05) is 5.32 Å². The Bertz CT molecular complexity index is 715. The van der Waals surface area contributed by atoms with Crippen molar-refractivity contribution >= 4 is 11.4 Å². The number of halogens is 1. The van der Waals surface area contributed by atoms with Crippen molar-refractivity contribution in [3.05, 3.63) is 69.0 Å². The molecule has 0 aromatic heterocycles. The first-order chi connectivity index (χ1) is 10.1. The normalized spacial score (nSPS) is 16.6. The summed E-state index contributed by atoms with van der Waals surface area (Å²) >= 11 is 0. The van der Waals surface area contributed by atoms with Crippen molar-refractivity contribution in [3.8, 4) is 0 Å². The molecule has 0 fully saturated rings. The molecule has 5 heteroatoms. The molecule has 0 spiro atoms. The zero-order chi connectivity index (χ0) is 15.0. The number of fused-ring (bicyclic) bond motifs is 1. The number of nitro groups is 1. The van der Waals surface area contributed by atoms with Gasteiger partial charge in [-0.05, 0) is 49.1 Å². The standard InChI is InChI=1S/C16H15FN2O2/c1-10-14(3-2-4-16(10)19(20)21)18-15-8-5-11-9-12(17)6-7-13(11)15/h2-4,6-7,9,15,18H,5,8H2,1H3. The Hall–Kier alpha value is -2.43. The molecule has 1 unspecified atom stereocenters. The van der Waals surface area contributed by atoms with Gasteiger partial charge in [0, 0.05) is 17.3 Å². The third-order valence-corrected chi connectivity index (χ3v) is 4.01. The monoisotopic (exact) mass is 286 g/mol. The Kier molecular flexibility index (Phi) is 3.33. The summed E-state index contributed by atoms with van der Waals surface area (Å²) in [5.41, 5.74) is 3.57. The van der Waals surface area contributed by atoms with Gasteiger partial charge in [0.15, 0.2) is 0 Å². The molecule has 0 amide bonds. The van der Waals surface area contributed by atoms with Crippen molar-refractivity contribution < 1.29 is 9.31 Å². The zero-order valence-electron chi connectivity index (χ0n) is 11.6. The lowest BCUT2D eigenvalue weighted by Gasteiger charge is -2.17. The van der Waals surface area contributed by atoms with E-state index in [4.69, 9.17) is 0 Å². The molecule has 2 aromatic rings. The molecule has 2 aromatic carbocycles. The first-order valence-electron chi connectivity index (χ1n) is 6.85. The fourth-order valence-electron chi connectivity index (χ4n) is 2.90. The minimum Gasteiger partial charge on any atom is -0.378 e. The Balaban J connectivity index is 1.90. The van der Waals surface area contributed by atoms with Gasteiger partial charge >= 0.3 is 0 Å². The number of hydrogen-bond donors (Lipinski definition) is 1. The molecule has 1 aliphatic carbocycles. The van der Waals surface area contributed by atoms with Gasteiger partial charge in [-0.2, -0.15) is 0 Å². The van der Waals surface area contributed by atoms with Crippen molar-refractivity contribution in [2.24, 2.45) is 0 Å². The van der Waals surface area contributed by atoms with Crippen LogP contribution in [-0.4, -0.2) is 4.92 Å². The van der Waals surface area contributed by atoms with Gasteiger partial charge < -0.3 is 5.32 Å². The summed E-state index contributed by atoms with van der Waals surface area (Å²) in [4.78, 5) is 10.6. The van der Waals surface area contributed by atoms with E-state index in [9.17, 15) is 14.5 Å². The fraction of sp³-hybridized carbons (Fsp3) is 0.250. The molecule has 0 bridgehead atoms. The van der Waals surface area contributed by atoms with E-state index in [0.29, 0.717) is 5.56 Å². The summed E-state index contributed by atoms with van der Waals surface area (Å²) in [5.74, 6) is -0.221. The van der Waals surface area contributed by atoms with Gasteiger partial charge in [0.2, 0.25) is 0 Å². The van der Waals surface area contributed by atoms with Crippen molar-refractivity contribution in [2.45, 2.75) is 25.8 Å². The summed E-state index contributed by atoms with van der Waals surface area (Å²) < 4.78 is 13.2. The van der Waals surface area contributed by atoms with Crippen LogP contribution in [0.15, 0.2) is 36.4 Å². The van der Waals surface area contributed by atoms with Crippen LogP contribution in [0.2, 0.25) is 0 Å². The largest absolute Gasteiger partial charge is 0.378 e. The minimum atomic E-state index is -0.377. The third-order valence-electron chi connectivity index (χ3n) is 4.01. The second-order valence-corrected chi connectivity index (χ2v) is 5.29. The highest BCUT2D eigenvalue weighted by molar-refractivity contribution is 5.61. The van der Waals surface area contributed by atoms with Crippen LogP contribution in [0, 0.1) is 22.9 Å². The van der Waals surface area contributed by atoms with E-state index in [1.807, 2.05) is 6.07 Å². The average Bonchev–Trinajstić information content (AvgIpc) is 2.83. The van der Waals surface area contributed by atoms with E-state index in [0.717, 1.165) is 29.7 Å². The van der Waals surface area contributed by atoms with E-state index >= 15 is 0 Å². The maximum Gasteiger partial charge on any atom is 0.274 e. The number of nitrogens with one attached hydrogen (secondary N) is 1. The second-order valence-electron chi connectivity index (χ2n) is 5.29. The third kappa shape index (κ3) is 2.46. The van der Waals surface area contributed by atoms with Crippen LogP contribution in [0.25, 0.3) is 0 Å². The van der Waals surface area contributed by atoms with Crippen LogP contribution >= 0.6 is 0 Å². The molecule has 3 rings (SSSR count). The average molecular weight is 286 g/mol. The van der Waals surface area contributed by atoms with Crippen molar-refractivity contribution in [1.29, 1.82) is 0 Å². The highest BCUT2D eigenvalue weighted by Gasteiger charge is 2.24. The lowest BCUT2D eigenvalue weighted by atomic mass is 10.1. The Morgan fingerprint density at radius 3 is 2.90 bits per heavy atom. The fourth-order valence-corrected chi connectivity index (χ4v) is 2.90. The van der Waals surface area contributed by atoms with Gasteiger partial charge in [0.1, 0.15) is 5.82 Å². The lowest BCUT2D eigenvalue weighted by Crippen LogP contribution is -2.09. The van der Waals surface area contributed by atoms with Crippen LogP contribution in [0.4, 0.5) is 15.8 Å². The smallest absolute Gasteiger partial charge is 0.274 e. The molecule has 0 radical (unpaired) electrons. The number of benzene rings is 2. The molecule has 21 heavy (non-hydrogen) atoms. The van der Waals surface area contributed by atoms with Gasteiger partial charge in [-0.25, -0.2) is 4.39 Å². The van der Waals surface area contributed by atoms with Gasteiger partial charge in [0.25, 0.3) is 5.69 Å². The molecule has 0 saturated heterocycles. The highest BCUT2D eigenvalue weighted by atomic mass is 19.1. The first kappa shape index (κ1) is 13.5. The van der Waals surface area contributed by atoms with Gasteiger partial charge in [0.05, 0.1) is 11.0 Å². The van der Waals surface area contributed by atoms with Crippen LogP contribution in [0.5, 0.6) is 0 Å². The summed E-state index contributed by atoms with van der Waals surface area (Å²) in [5, 5.41) is 14.3. The molecular formula is C16H15FN2O2. The SMILES string of the molecule is Cc1c(NC2CCc3cc(F)ccc32)cccc1[N+](=O)[O-]. The second kappa shape index (κ2) is 5.16. The first-order valence-corrected chi connectivity index (χ1v) is 6.85. The van der Waals surface area contributed by atoms with Gasteiger partial charge in [-0.1, -0.05) is 12.1 Å². The van der Waals surface area contributed by atoms with E-state index in [1.165, 1.54) is 12.1 Å². The molecule has 4 nitrogen and oxygen atoms in total. The molecule has 0 saturated carbocycles. The van der Waals surface area contributed by atoms with Crippen molar-refractivity contribution in [3.63, 3.8) is 0 Å². The summed E-state index contributed by atoms with van der Waals surface area (Å²) in [6.07, 6.45) is 1.68. The Morgan fingerprint density at radius 2 is 2.14 bits per heavy atom. The number of aryl methyl sites for hydroxylation is 1. The van der Waals surface area contributed by atoms with Crippen molar-refractivity contribution in [1.82, 2.24) is 0 Å². The van der Waals surface area contributed by atoms with Crippen LogP contribution in [0.1, 0.15) is 29.2 Å². The topological polar surface area (TPSA) is 55.2 Å². The molecule has 1 atom stereocenters. The quantitative estimate of drug-likeness (QED) is 0.681. The lowest BCUT2D eigenvalue weighted by molar-refractivity contribution is -0.385. The summed E-state index contributed by atoms with van der Waals surface area (Å²) in [6, 6.07) is 9.90. The Labute approximate surface area is 121 Å². The minimum absolute atomic E-state index is 0.0707. The number of nitro benzene ring substituents is 1. The van der Waals surface area contributed by atoms with E-state index in [2.05, 4.69) is 5.32 Å². The van der Waals surface area contributed by atoms with Crippen LogP contribution in [-0.2, 0) is 6.42 Å². The maximum atomic E-state index is 13.2. The molecule has 0 aliphatic heterocycles. The molecular weight excluding hydrogens is 271 g/mol. The van der Waals surface area contributed by atoms with Gasteiger partial charge in [-0.15, -0.1) is 0 Å². The van der Waals surface area contributed by atoms with E-state index in [1.54, 1.807) is 25.1 Å². The highest BCUT2D eigenvalue weighted by Crippen LogP contribution is 2.36. The Morgan fingerprint density at radius 1 is 1.33 bits per heavy atom. The van der Waals surface area contributed by atoms with Gasteiger partial charge in [-0.3, -0.25) is 10.1 Å². The van der Waals surface area contributed by atoms with Crippen LogP contribution < -0.4 is 5.32 Å². The number of anilines is 1. The predicted molar refractivity (Wildman–Crippen MR) is 78.9 cm³/mol. The summed E-state index contributed by atoms with van der Waals surface area (Å²) in [7, 11) is 0. The van der Waals surface area contributed by atoms with E-state index < -0.39 is 0 Å². The maximum absolute atomic E-state index is 13.2. The molecule has 1 aliphatic rings. The predicted octanol–water partition coefficient (Wildman–Crippen LogP) is 4.14. The van der Waals surface area contributed by atoms with E-state index in [-0.39, 0.29) is 22.5 Å². The summed E-state index contributed by atoms with van der Waals surface area (Å²) in [6.45, 7) is 1.74. The molecule has 1 N–H and O–H groups in total. The number of rotatable bonds is 3. The number of nitrogens with zero attached hydrogens (tertiary/aromatic N) is 1. The molecule has 108 valence electrons.